The van der Waals surface area contributed by atoms with E-state index >= 15 is 0 Å². The van der Waals surface area contributed by atoms with Crippen molar-refractivity contribution in [2.45, 2.75) is 45.2 Å². The van der Waals surface area contributed by atoms with E-state index in [4.69, 9.17) is 0 Å². The summed E-state index contributed by atoms with van der Waals surface area (Å²) in [7, 11) is 0. The van der Waals surface area contributed by atoms with E-state index in [9.17, 15) is 4.79 Å². The molecule has 3 heterocycles. The fourth-order valence-electron chi connectivity index (χ4n) is 2.48. The second kappa shape index (κ2) is 4.92. The van der Waals surface area contributed by atoms with Crippen molar-refractivity contribution in [3.8, 4) is 0 Å². The van der Waals surface area contributed by atoms with Crippen LogP contribution in [0.1, 0.15) is 37.8 Å². The Bertz CT molecular complexity index is 477. The van der Waals surface area contributed by atoms with Crippen molar-refractivity contribution < 1.29 is 4.79 Å². The molecule has 1 amide bonds. The first-order valence-corrected chi connectivity index (χ1v) is 7.08. The summed E-state index contributed by atoms with van der Waals surface area (Å²) in [5, 5.41) is 10.8. The zero-order valence-corrected chi connectivity index (χ0v) is 11.5. The minimum atomic E-state index is 0.156. The number of nitrogens with one attached hydrogen (secondary N) is 2. The maximum Gasteiger partial charge on any atom is 0.225 e. The lowest BCUT2D eigenvalue weighted by atomic mass is 10.0. The summed E-state index contributed by atoms with van der Waals surface area (Å²) in [4.78, 5) is 16.5. The van der Waals surface area contributed by atoms with Crippen LogP contribution < -0.4 is 10.6 Å². The molecule has 0 aromatic carbocycles. The van der Waals surface area contributed by atoms with E-state index in [-0.39, 0.29) is 17.9 Å². The van der Waals surface area contributed by atoms with Gasteiger partial charge in [-0.1, -0.05) is 13.8 Å². The summed E-state index contributed by atoms with van der Waals surface area (Å²) >= 11 is 0. The van der Waals surface area contributed by atoms with Gasteiger partial charge in [0.15, 0.2) is 5.82 Å². The summed E-state index contributed by atoms with van der Waals surface area (Å²) in [5.74, 6) is 2.65. The van der Waals surface area contributed by atoms with Gasteiger partial charge < -0.3 is 10.6 Å². The van der Waals surface area contributed by atoms with Gasteiger partial charge in [0.05, 0.1) is 12.5 Å². The average molecular weight is 263 g/mol. The van der Waals surface area contributed by atoms with Gasteiger partial charge in [0, 0.05) is 31.5 Å². The maximum atomic E-state index is 11.9. The topological polar surface area (TPSA) is 71.8 Å². The molecule has 2 aliphatic rings. The molecule has 1 unspecified atom stereocenters. The van der Waals surface area contributed by atoms with E-state index in [1.54, 1.807) is 0 Å². The molecule has 2 aliphatic heterocycles. The van der Waals surface area contributed by atoms with Crippen LogP contribution in [0.2, 0.25) is 0 Å². The number of amides is 1. The highest BCUT2D eigenvalue weighted by Gasteiger charge is 2.29. The van der Waals surface area contributed by atoms with Crippen molar-refractivity contribution in [2.24, 2.45) is 5.92 Å². The van der Waals surface area contributed by atoms with Gasteiger partial charge in [-0.3, -0.25) is 4.79 Å². The van der Waals surface area contributed by atoms with Gasteiger partial charge in [-0.25, -0.2) is 9.67 Å². The van der Waals surface area contributed by atoms with Crippen LogP contribution in [-0.4, -0.2) is 39.8 Å². The van der Waals surface area contributed by atoms with Crippen molar-refractivity contribution in [1.82, 2.24) is 25.4 Å². The minimum Gasteiger partial charge on any atom is -0.351 e. The molecule has 1 aromatic heterocycles. The Morgan fingerprint density at radius 2 is 2.26 bits per heavy atom. The van der Waals surface area contributed by atoms with Gasteiger partial charge >= 0.3 is 0 Å². The molecule has 104 valence electrons. The van der Waals surface area contributed by atoms with E-state index in [1.807, 2.05) is 4.68 Å². The Kier molecular flexibility index (Phi) is 3.26. The van der Waals surface area contributed by atoms with E-state index in [1.165, 1.54) is 0 Å². The predicted octanol–water partition coefficient (Wildman–Crippen LogP) is 0.0519. The number of nitrogens with zero attached hydrogens (tertiary/aromatic N) is 3. The summed E-state index contributed by atoms with van der Waals surface area (Å²) in [6.07, 6.45) is 1.86. The number of aromatic nitrogens is 3. The molecule has 6 heteroatoms. The molecule has 1 fully saturated rings. The van der Waals surface area contributed by atoms with E-state index in [2.05, 4.69) is 34.6 Å². The number of aryl methyl sites for hydroxylation is 1. The summed E-state index contributed by atoms with van der Waals surface area (Å²) in [6, 6.07) is 0.197. The predicted molar refractivity (Wildman–Crippen MR) is 70.7 cm³/mol. The molecular formula is C13H21N5O. The molecule has 0 aliphatic carbocycles. The SMILES string of the molecule is CC(C)c1nc2n(n1)CC(NC(=O)C1CNC1)CC2. The fourth-order valence-corrected chi connectivity index (χ4v) is 2.48. The second-order valence-electron chi connectivity index (χ2n) is 5.82. The van der Waals surface area contributed by atoms with Gasteiger partial charge in [0.25, 0.3) is 0 Å². The first-order valence-electron chi connectivity index (χ1n) is 7.08. The molecule has 0 radical (unpaired) electrons. The monoisotopic (exact) mass is 263 g/mol. The van der Waals surface area contributed by atoms with Crippen LogP contribution in [0.5, 0.6) is 0 Å². The van der Waals surface area contributed by atoms with E-state index in [0.717, 1.165) is 44.1 Å². The molecule has 0 saturated carbocycles. The number of hydrogen-bond acceptors (Lipinski definition) is 4. The van der Waals surface area contributed by atoms with Crippen LogP contribution in [0, 0.1) is 5.92 Å². The molecule has 0 bridgehead atoms. The highest BCUT2D eigenvalue weighted by Crippen LogP contribution is 2.17. The molecule has 3 rings (SSSR count). The lowest BCUT2D eigenvalue weighted by Gasteiger charge is -2.30. The fraction of sp³-hybridized carbons (Fsp3) is 0.769. The van der Waals surface area contributed by atoms with Crippen LogP contribution in [0.25, 0.3) is 0 Å². The highest BCUT2D eigenvalue weighted by molar-refractivity contribution is 5.80. The largest absolute Gasteiger partial charge is 0.351 e. The number of rotatable bonds is 3. The molecule has 1 saturated heterocycles. The highest BCUT2D eigenvalue weighted by atomic mass is 16.2. The number of carbonyl (C=O) groups is 1. The Balaban J connectivity index is 1.63. The summed E-state index contributed by atoms with van der Waals surface area (Å²) in [5.41, 5.74) is 0. The van der Waals surface area contributed by atoms with Gasteiger partial charge in [0.2, 0.25) is 5.91 Å². The molecule has 1 aromatic rings. The Labute approximate surface area is 113 Å². The first-order chi connectivity index (χ1) is 9.13. The third-order valence-corrected chi connectivity index (χ3v) is 3.89. The van der Waals surface area contributed by atoms with Crippen LogP contribution in [0.3, 0.4) is 0 Å². The van der Waals surface area contributed by atoms with Crippen molar-refractivity contribution in [2.75, 3.05) is 13.1 Å². The van der Waals surface area contributed by atoms with Gasteiger partial charge in [-0.2, -0.15) is 5.10 Å². The van der Waals surface area contributed by atoms with Gasteiger partial charge in [-0.15, -0.1) is 0 Å². The molecule has 0 spiro atoms. The molecule has 1 atom stereocenters. The second-order valence-corrected chi connectivity index (χ2v) is 5.82. The standard InChI is InChI=1S/C13H21N5O/c1-8(2)12-16-11-4-3-10(7-18(11)17-12)15-13(19)9-5-14-6-9/h8-10,14H,3-7H2,1-2H3,(H,15,19). The van der Waals surface area contributed by atoms with Crippen LogP contribution in [-0.2, 0) is 17.8 Å². The summed E-state index contributed by atoms with van der Waals surface area (Å²) < 4.78 is 1.96. The molecule has 2 N–H and O–H groups in total. The van der Waals surface area contributed by atoms with Gasteiger partial charge in [-0.05, 0) is 6.42 Å². The first kappa shape index (κ1) is 12.6. The minimum absolute atomic E-state index is 0.156. The van der Waals surface area contributed by atoms with Crippen molar-refractivity contribution in [3.05, 3.63) is 11.6 Å². The van der Waals surface area contributed by atoms with Crippen LogP contribution in [0.4, 0.5) is 0 Å². The third-order valence-electron chi connectivity index (χ3n) is 3.89. The van der Waals surface area contributed by atoms with Crippen LogP contribution in [0.15, 0.2) is 0 Å². The maximum absolute atomic E-state index is 11.9. The van der Waals surface area contributed by atoms with Gasteiger partial charge in [0.1, 0.15) is 5.82 Å². The third kappa shape index (κ3) is 2.49. The Hall–Kier alpha value is -1.43. The van der Waals surface area contributed by atoms with Crippen molar-refractivity contribution in [3.63, 3.8) is 0 Å². The molecule has 6 nitrogen and oxygen atoms in total. The van der Waals surface area contributed by atoms with Crippen molar-refractivity contribution in [1.29, 1.82) is 0 Å². The Morgan fingerprint density at radius 3 is 2.89 bits per heavy atom. The number of hydrogen-bond donors (Lipinski definition) is 2. The molecule has 19 heavy (non-hydrogen) atoms. The van der Waals surface area contributed by atoms with Crippen molar-refractivity contribution >= 4 is 5.91 Å². The average Bonchev–Trinajstić information content (AvgIpc) is 2.69. The van der Waals surface area contributed by atoms with Crippen LogP contribution >= 0.6 is 0 Å². The zero-order chi connectivity index (χ0) is 13.4. The number of carbonyl (C=O) groups excluding carboxylic acids is 1. The smallest absolute Gasteiger partial charge is 0.225 e. The lowest BCUT2D eigenvalue weighted by molar-refractivity contribution is -0.127. The molecular weight excluding hydrogens is 242 g/mol. The zero-order valence-electron chi connectivity index (χ0n) is 11.5. The normalized spacial score (nSPS) is 23.0. The lowest BCUT2D eigenvalue weighted by Crippen LogP contribution is -2.53. The number of fused-ring (bicyclic) bond motifs is 1. The summed E-state index contributed by atoms with van der Waals surface area (Å²) in [6.45, 7) is 6.57. The Morgan fingerprint density at radius 1 is 1.47 bits per heavy atom. The quantitative estimate of drug-likeness (QED) is 0.808. The van der Waals surface area contributed by atoms with E-state index < -0.39 is 0 Å². The van der Waals surface area contributed by atoms with E-state index in [0.29, 0.717) is 5.92 Å².